The molecule has 0 aliphatic carbocycles. The summed E-state index contributed by atoms with van der Waals surface area (Å²) in [6, 6.07) is 6.09. The number of aryl methyl sites for hydroxylation is 2. The van der Waals surface area contributed by atoms with Crippen LogP contribution in [0.15, 0.2) is 46.1 Å². The molecule has 0 aliphatic rings. The smallest absolute Gasteiger partial charge is 0.143 e. The summed E-state index contributed by atoms with van der Waals surface area (Å²) in [6.45, 7) is 11.1. The number of allylic oxidation sites excluding steroid dienone is 1. The summed E-state index contributed by atoms with van der Waals surface area (Å²) in [4.78, 5) is 7.31. The van der Waals surface area contributed by atoms with Crippen LogP contribution in [0.1, 0.15) is 61.6 Å². The van der Waals surface area contributed by atoms with Crippen molar-refractivity contribution in [1.29, 1.82) is 0 Å². The molecule has 0 radical (unpaired) electrons. The van der Waals surface area contributed by atoms with Gasteiger partial charge < -0.3 is 9.73 Å². The standard InChI is InChI=1S/C18H24N2OS.C2H6/c1-4-6-7-10-19-18(20-13-15-9-8-11-21-15)17-14(3)12-16(5-2)22-17;1-2/h7-12H,4-6,13H2,1-3H3,(H,19,20);1-2H3/b10-7+;. The SMILES string of the molecule is CC.CCC/C=C/NC(=NCc1ccco1)c1sc(CC)cc1C. The van der Waals surface area contributed by atoms with Gasteiger partial charge in [-0.05, 0) is 49.7 Å². The minimum absolute atomic E-state index is 0.551. The fraction of sp³-hybridized carbons (Fsp3) is 0.450. The largest absolute Gasteiger partial charge is 0.467 e. The topological polar surface area (TPSA) is 37.5 Å². The lowest BCUT2D eigenvalue weighted by Gasteiger charge is -2.05. The van der Waals surface area contributed by atoms with Crippen LogP contribution in [0.2, 0.25) is 0 Å². The van der Waals surface area contributed by atoms with E-state index in [1.54, 1.807) is 6.26 Å². The molecular weight excluding hydrogens is 316 g/mol. The molecular formula is C20H30N2OS. The quantitative estimate of drug-likeness (QED) is 0.486. The summed E-state index contributed by atoms with van der Waals surface area (Å²) >= 11 is 1.81. The number of furan rings is 1. The first kappa shape index (κ1) is 20.2. The normalized spacial score (nSPS) is 11.5. The minimum Gasteiger partial charge on any atom is -0.467 e. The van der Waals surface area contributed by atoms with Gasteiger partial charge >= 0.3 is 0 Å². The Morgan fingerprint density at radius 2 is 2.12 bits per heavy atom. The van der Waals surface area contributed by atoms with Gasteiger partial charge in [0.1, 0.15) is 11.6 Å². The highest BCUT2D eigenvalue weighted by Crippen LogP contribution is 2.23. The molecule has 0 aromatic carbocycles. The molecule has 0 saturated carbocycles. The van der Waals surface area contributed by atoms with E-state index in [9.17, 15) is 0 Å². The Morgan fingerprint density at radius 3 is 2.71 bits per heavy atom. The average molecular weight is 347 g/mol. The maximum atomic E-state index is 5.37. The number of nitrogens with one attached hydrogen (secondary N) is 1. The van der Waals surface area contributed by atoms with E-state index in [-0.39, 0.29) is 0 Å². The van der Waals surface area contributed by atoms with Gasteiger partial charge in [-0.2, -0.15) is 0 Å². The number of nitrogens with zero attached hydrogens (tertiary/aromatic N) is 1. The molecule has 2 aromatic heterocycles. The number of aliphatic imine (C=N–C) groups is 1. The fourth-order valence-corrected chi connectivity index (χ4v) is 3.17. The number of rotatable bonds is 7. The first-order valence-corrected chi connectivity index (χ1v) is 9.64. The van der Waals surface area contributed by atoms with Crippen LogP contribution in [0.25, 0.3) is 0 Å². The van der Waals surface area contributed by atoms with Gasteiger partial charge in [0.2, 0.25) is 0 Å². The Morgan fingerprint density at radius 1 is 1.33 bits per heavy atom. The molecule has 3 nitrogen and oxygen atoms in total. The van der Waals surface area contributed by atoms with Gasteiger partial charge in [-0.3, -0.25) is 4.99 Å². The summed E-state index contributed by atoms with van der Waals surface area (Å²) in [5.74, 6) is 1.80. The van der Waals surface area contributed by atoms with Crippen molar-refractivity contribution in [3.63, 3.8) is 0 Å². The Labute approximate surface area is 150 Å². The van der Waals surface area contributed by atoms with Crippen molar-refractivity contribution in [1.82, 2.24) is 5.32 Å². The van der Waals surface area contributed by atoms with E-state index in [1.165, 1.54) is 15.3 Å². The van der Waals surface area contributed by atoms with Crippen LogP contribution in [0, 0.1) is 6.92 Å². The van der Waals surface area contributed by atoms with Gasteiger partial charge in [-0.1, -0.05) is 40.2 Å². The number of hydrogen-bond acceptors (Lipinski definition) is 3. The predicted octanol–water partition coefficient (Wildman–Crippen LogP) is 6.09. The number of thiophene rings is 1. The zero-order chi connectivity index (χ0) is 17.8. The predicted molar refractivity (Wildman–Crippen MR) is 106 cm³/mol. The molecule has 0 fully saturated rings. The molecule has 1 N–H and O–H groups in total. The summed E-state index contributed by atoms with van der Waals surface area (Å²) in [5.41, 5.74) is 1.27. The number of hydrogen-bond donors (Lipinski definition) is 1. The van der Waals surface area contributed by atoms with Crippen LogP contribution >= 0.6 is 11.3 Å². The molecule has 2 rings (SSSR count). The van der Waals surface area contributed by atoms with Crippen molar-refractivity contribution in [2.75, 3.05) is 0 Å². The average Bonchev–Trinajstić information content (AvgIpc) is 3.26. The summed E-state index contributed by atoms with van der Waals surface area (Å²) in [6.07, 6.45) is 9.10. The highest BCUT2D eigenvalue weighted by atomic mass is 32.1. The van der Waals surface area contributed by atoms with Gasteiger partial charge in [0.25, 0.3) is 0 Å². The van der Waals surface area contributed by atoms with Crippen molar-refractivity contribution in [3.8, 4) is 0 Å². The number of unbranched alkanes of at least 4 members (excludes halogenated alkanes) is 1. The van der Waals surface area contributed by atoms with Gasteiger partial charge in [0.05, 0.1) is 17.7 Å². The fourth-order valence-electron chi connectivity index (χ4n) is 2.09. The van der Waals surface area contributed by atoms with Crippen LogP contribution < -0.4 is 5.32 Å². The van der Waals surface area contributed by atoms with E-state index >= 15 is 0 Å². The second-order valence-corrected chi connectivity index (χ2v) is 6.29. The van der Waals surface area contributed by atoms with Gasteiger partial charge in [-0.25, -0.2) is 0 Å². The van der Waals surface area contributed by atoms with Crippen LogP contribution in [0.5, 0.6) is 0 Å². The van der Waals surface area contributed by atoms with Crippen LogP contribution in [0.4, 0.5) is 0 Å². The monoisotopic (exact) mass is 346 g/mol. The molecule has 2 heterocycles. The maximum absolute atomic E-state index is 5.37. The first-order chi connectivity index (χ1) is 11.7. The molecule has 0 atom stereocenters. The molecule has 0 spiro atoms. The van der Waals surface area contributed by atoms with Crippen molar-refractivity contribution in [2.45, 2.75) is 60.4 Å². The lowest BCUT2D eigenvalue weighted by atomic mass is 10.2. The molecule has 4 heteroatoms. The number of amidine groups is 1. The molecule has 0 aliphatic heterocycles. The second kappa shape index (κ2) is 11.7. The lowest BCUT2D eigenvalue weighted by Crippen LogP contribution is -2.18. The summed E-state index contributed by atoms with van der Waals surface area (Å²) in [7, 11) is 0. The van der Waals surface area contributed by atoms with Crippen LogP contribution in [0.3, 0.4) is 0 Å². The van der Waals surface area contributed by atoms with Crippen molar-refractivity contribution in [2.24, 2.45) is 4.99 Å². The Kier molecular flexibility index (Phi) is 9.85. The lowest BCUT2D eigenvalue weighted by molar-refractivity contribution is 0.512. The Bertz CT molecular complexity index is 624. The van der Waals surface area contributed by atoms with E-state index < -0.39 is 0 Å². The van der Waals surface area contributed by atoms with Crippen LogP contribution in [-0.4, -0.2) is 5.84 Å². The van der Waals surface area contributed by atoms with Crippen LogP contribution in [-0.2, 0) is 13.0 Å². The third kappa shape index (κ3) is 6.36. The maximum Gasteiger partial charge on any atom is 0.143 e. The summed E-state index contributed by atoms with van der Waals surface area (Å²) in [5, 5.41) is 3.35. The molecule has 24 heavy (non-hydrogen) atoms. The van der Waals surface area contributed by atoms with E-state index in [1.807, 2.05) is 43.5 Å². The highest BCUT2D eigenvalue weighted by molar-refractivity contribution is 7.14. The summed E-state index contributed by atoms with van der Waals surface area (Å²) < 4.78 is 5.37. The third-order valence-corrected chi connectivity index (χ3v) is 4.69. The van der Waals surface area contributed by atoms with Crippen molar-refractivity contribution >= 4 is 17.2 Å². The van der Waals surface area contributed by atoms with Gasteiger partial charge in [-0.15, -0.1) is 11.3 Å². The molecule has 0 amide bonds. The van der Waals surface area contributed by atoms with E-state index in [0.29, 0.717) is 6.54 Å². The second-order valence-electron chi connectivity index (χ2n) is 5.16. The molecule has 0 unspecified atom stereocenters. The van der Waals surface area contributed by atoms with E-state index in [4.69, 9.17) is 9.41 Å². The van der Waals surface area contributed by atoms with E-state index in [2.05, 4.69) is 38.2 Å². The van der Waals surface area contributed by atoms with Gasteiger partial charge in [0, 0.05) is 4.88 Å². The Hall–Kier alpha value is -1.81. The third-order valence-electron chi connectivity index (χ3n) is 3.30. The van der Waals surface area contributed by atoms with Crippen molar-refractivity contribution in [3.05, 3.63) is 57.8 Å². The molecule has 0 bridgehead atoms. The highest BCUT2D eigenvalue weighted by Gasteiger charge is 2.10. The first-order valence-electron chi connectivity index (χ1n) is 8.82. The minimum atomic E-state index is 0.551. The zero-order valence-corrected chi connectivity index (χ0v) is 16.4. The molecule has 0 saturated heterocycles. The molecule has 2 aromatic rings. The van der Waals surface area contributed by atoms with Crippen molar-refractivity contribution < 1.29 is 4.42 Å². The Balaban J connectivity index is 0.00000139. The van der Waals surface area contributed by atoms with Gasteiger partial charge in [0.15, 0.2) is 0 Å². The zero-order valence-electron chi connectivity index (χ0n) is 15.6. The van der Waals surface area contributed by atoms with E-state index in [0.717, 1.165) is 30.9 Å². The molecule has 132 valence electrons.